The second-order valence-corrected chi connectivity index (χ2v) is 4.05. The monoisotopic (exact) mass is 198 g/mol. The first-order valence-corrected chi connectivity index (χ1v) is 5.14. The minimum atomic E-state index is 0.106. The number of aromatic nitrogens is 1. The highest BCUT2D eigenvalue weighted by Gasteiger charge is 2.10. The second kappa shape index (κ2) is 4.48. The van der Waals surface area contributed by atoms with E-state index in [1.54, 1.807) is 6.92 Å². The van der Waals surface area contributed by atoms with Crippen molar-refractivity contribution in [3.63, 3.8) is 0 Å². The first-order valence-electron chi connectivity index (χ1n) is 4.32. The molecule has 0 saturated heterocycles. The molecule has 0 spiro atoms. The quantitative estimate of drug-likeness (QED) is 0.747. The Morgan fingerprint density at radius 1 is 1.62 bits per heavy atom. The number of Topliss-reactive ketones (excluding diaryl/α,β-unsaturated/α-hetero) is 1. The van der Waals surface area contributed by atoms with Gasteiger partial charge in [0.05, 0.1) is 15.6 Å². The van der Waals surface area contributed by atoms with E-state index in [9.17, 15) is 4.79 Å². The first kappa shape index (κ1) is 10.3. The van der Waals surface area contributed by atoms with Crippen LogP contribution in [0.2, 0.25) is 0 Å². The fourth-order valence-electron chi connectivity index (χ4n) is 1.14. The molecule has 13 heavy (non-hydrogen) atoms. The number of hydrogen-bond acceptors (Lipinski definition) is 4. The third kappa shape index (κ3) is 2.60. The summed E-state index contributed by atoms with van der Waals surface area (Å²) in [5, 5.41) is 1.02. The highest BCUT2D eigenvalue weighted by Crippen LogP contribution is 2.19. The zero-order chi connectivity index (χ0) is 9.84. The summed E-state index contributed by atoms with van der Waals surface area (Å²) in [6.45, 7) is 4.13. The van der Waals surface area contributed by atoms with Crippen LogP contribution in [0.25, 0.3) is 0 Å². The molecule has 0 atom stereocenters. The van der Waals surface area contributed by atoms with Crippen molar-refractivity contribution in [1.82, 2.24) is 4.98 Å². The van der Waals surface area contributed by atoms with Gasteiger partial charge in [0.2, 0.25) is 0 Å². The van der Waals surface area contributed by atoms with Crippen LogP contribution in [0, 0.1) is 6.92 Å². The van der Waals surface area contributed by atoms with Gasteiger partial charge in [-0.25, -0.2) is 4.98 Å². The van der Waals surface area contributed by atoms with Crippen LogP contribution >= 0.6 is 11.3 Å². The number of ketones is 1. The number of hydrogen-bond donors (Lipinski definition) is 1. The Hall–Kier alpha value is -0.740. The van der Waals surface area contributed by atoms with Crippen LogP contribution in [0.5, 0.6) is 0 Å². The highest BCUT2D eigenvalue weighted by atomic mass is 32.1. The van der Waals surface area contributed by atoms with Crippen molar-refractivity contribution in [2.75, 3.05) is 6.54 Å². The van der Waals surface area contributed by atoms with E-state index in [0.29, 0.717) is 6.54 Å². The van der Waals surface area contributed by atoms with Crippen LogP contribution in [0.4, 0.5) is 0 Å². The molecule has 1 aromatic rings. The van der Waals surface area contributed by atoms with Crippen molar-refractivity contribution >= 4 is 17.1 Å². The fraction of sp³-hybridized carbons (Fsp3) is 0.556. The zero-order valence-electron chi connectivity index (χ0n) is 7.96. The van der Waals surface area contributed by atoms with Crippen molar-refractivity contribution in [3.05, 3.63) is 15.6 Å². The summed E-state index contributed by atoms with van der Waals surface area (Å²) in [7, 11) is 0. The standard InChI is InChI=1S/C9H14N2OS/c1-6-9(7(2)12)13-8(11-6)4-3-5-10/h3-5,10H2,1-2H3. The normalized spacial score (nSPS) is 10.4. The zero-order valence-corrected chi connectivity index (χ0v) is 8.78. The number of rotatable bonds is 4. The predicted molar refractivity (Wildman–Crippen MR) is 54.2 cm³/mol. The van der Waals surface area contributed by atoms with Crippen molar-refractivity contribution in [2.45, 2.75) is 26.7 Å². The summed E-state index contributed by atoms with van der Waals surface area (Å²) >= 11 is 1.49. The molecule has 0 aliphatic rings. The van der Waals surface area contributed by atoms with Gasteiger partial charge in [-0.3, -0.25) is 4.79 Å². The SMILES string of the molecule is CC(=O)c1sc(CCCN)nc1C. The molecule has 1 aromatic heterocycles. The maximum Gasteiger partial charge on any atom is 0.171 e. The van der Waals surface area contributed by atoms with E-state index in [1.807, 2.05) is 6.92 Å². The minimum absolute atomic E-state index is 0.106. The van der Waals surface area contributed by atoms with Gasteiger partial charge >= 0.3 is 0 Å². The lowest BCUT2D eigenvalue weighted by Crippen LogP contribution is -1.99. The van der Waals surface area contributed by atoms with Crippen molar-refractivity contribution in [3.8, 4) is 0 Å². The molecule has 1 heterocycles. The van der Waals surface area contributed by atoms with Crippen molar-refractivity contribution in [2.24, 2.45) is 5.73 Å². The minimum Gasteiger partial charge on any atom is -0.330 e. The molecular formula is C9H14N2OS. The number of nitrogens with zero attached hydrogens (tertiary/aromatic N) is 1. The molecule has 0 amide bonds. The van der Waals surface area contributed by atoms with Crippen LogP contribution in [0.15, 0.2) is 0 Å². The number of thiazole rings is 1. The van der Waals surface area contributed by atoms with Gasteiger partial charge in [0.25, 0.3) is 0 Å². The Labute approximate surface area is 82.0 Å². The average Bonchev–Trinajstić information content (AvgIpc) is 2.43. The molecule has 0 aliphatic heterocycles. The van der Waals surface area contributed by atoms with Crippen LogP contribution in [-0.2, 0) is 6.42 Å². The molecule has 3 nitrogen and oxygen atoms in total. The Morgan fingerprint density at radius 3 is 2.77 bits per heavy atom. The molecule has 0 aliphatic carbocycles. The smallest absolute Gasteiger partial charge is 0.171 e. The predicted octanol–water partition coefficient (Wildman–Crippen LogP) is 1.55. The molecular weight excluding hydrogens is 184 g/mol. The van der Waals surface area contributed by atoms with Gasteiger partial charge in [0, 0.05) is 13.3 Å². The Kier molecular flexibility index (Phi) is 3.57. The lowest BCUT2D eigenvalue weighted by Gasteiger charge is -1.90. The fourth-order valence-corrected chi connectivity index (χ4v) is 2.14. The molecule has 0 bridgehead atoms. The van der Waals surface area contributed by atoms with Gasteiger partial charge in [-0.1, -0.05) is 0 Å². The average molecular weight is 198 g/mol. The maximum absolute atomic E-state index is 11.1. The van der Waals surface area contributed by atoms with Gasteiger partial charge in [-0.05, 0) is 19.9 Å². The summed E-state index contributed by atoms with van der Waals surface area (Å²) in [5.74, 6) is 0.106. The lowest BCUT2D eigenvalue weighted by molar-refractivity contribution is 0.102. The summed E-state index contributed by atoms with van der Waals surface area (Å²) in [6, 6.07) is 0. The van der Waals surface area contributed by atoms with E-state index >= 15 is 0 Å². The Balaban J connectivity index is 2.76. The van der Waals surface area contributed by atoms with Crippen LogP contribution in [0.3, 0.4) is 0 Å². The number of carbonyl (C=O) groups excluding carboxylic acids is 1. The molecule has 4 heteroatoms. The van der Waals surface area contributed by atoms with E-state index in [4.69, 9.17) is 5.73 Å². The van der Waals surface area contributed by atoms with Crippen molar-refractivity contribution in [1.29, 1.82) is 0 Å². The molecule has 0 saturated carbocycles. The number of nitrogens with two attached hydrogens (primary N) is 1. The van der Waals surface area contributed by atoms with Gasteiger partial charge < -0.3 is 5.73 Å². The molecule has 0 unspecified atom stereocenters. The Morgan fingerprint density at radius 2 is 2.31 bits per heavy atom. The summed E-state index contributed by atoms with van der Waals surface area (Å²) in [5.41, 5.74) is 6.24. The largest absolute Gasteiger partial charge is 0.330 e. The van der Waals surface area contributed by atoms with Crippen molar-refractivity contribution < 1.29 is 4.79 Å². The number of carbonyl (C=O) groups is 1. The maximum atomic E-state index is 11.1. The molecule has 0 radical (unpaired) electrons. The first-order chi connectivity index (χ1) is 6.15. The number of aryl methyl sites for hydroxylation is 2. The third-order valence-corrected chi connectivity index (χ3v) is 3.07. The Bertz CT molecular complexity index is 307. The molecule has 1 rings (SSSR count). The van der Waals surface area contributed by atoms with E-state index in [-0.39, 0.29) is 5.78 Å². The van der Waals surface area contributed by atoms with Gasteiger partial charge in [0.15, 0.2) is 5.78 Å². The second-order valence-electron chi connectivity index (χ2n) is 2.97. The van der Waals surface area contributed by atoms with E-state index < -0.39 is 0 Å². The van der Waals surface area contributed by atoms with Gasteiger partial charge in [0.1, 0.15) is 0 Å². The summed E-state index contributed by atoms with van der Waals surface area (Å²) < 4.78 is 0. The van der Waals surface area contributed by atoms with Gasteiger partial charge in [-0.15, -0.1) is 11.3 Å². The van der Waals surface area contributed by atoms with E-state index in [1.165, 1.54) is 11.3 Å². The molecule has 0 fully saturated rings. The van der Waals surface area contributed by atoms with Crippen LogP contribution in [0.1, 0.15) is 33.7 Å². The van der Waals surface area contributed by atoms with E-state index in [0.717, 1.165) is 28.4 Å². The van der Waals surface area contributed by atoms with Crippen LogP contribution in [-0.4, -0.2) is 17.3 Å². The summed E-state index contributed by atoms with van der Waals surface area (Å²) in [6.07, 6.45) is 1.82. The summed E-state index contributed by atoms with van der Waals surface area (Å²) in [4.78, 5) is 16.2. The lowest BCUT2D eigenvalue weighted by atomic mass is 10.3. The molecule has 2 N–H and O–H groups in total. The van der Waals surface area contributed by atoms with E-state index in [2.05, 4.69) is 4.98 Å². The molecule has 72 valence electrons. The molecule has 0 aromatic carbocycles. The third-order valence-electron chi connectivity index (χ3n) is 1.76. The topological polar surface area (TPSA) is 56.0 Å². The van der Waals surface area contributed by atoms with Crippen LogP contribution < -0.4 is 5.73 Å². The highest BCUT2D eigenvalue weighted by molar-refractivity contribution is 7.13. The van der Waals surface area contributed by atoms with Gasteiger partial charge in [-0.2, -0.15) is 0 Å².